The molecule has 0 rings (SSSR count). The normalized spacial score (nSPS) is 3.43. The van der Waals surface area contributed by atoms with Crippen molar-refractivity contribution in [2.24, 2.45) is 0 Å². The average molecular weight is 254 g/mol. The summed E-state index contributed by atoms with van der Waals surface area (Å²) in [6.07, 6.45) is 0. The third-order valence-electron chi connectivity index (χ3n) is 0. The number of nitrogens with zero attached hydrogens (tertiary/aromatic N) is 1. The summed E-state index contributed by atoms with van der Waals surface area (Å²) in [4.78, 5) is 8.36. The molecule has 0 aliphatic carbocycles. The second-order valence-corrected chi connectivity index (χ2v) is 0.238. The summed E-state index contributed by atoms with van der Waals surface area (Å²) >= 11 is 0. The van der Waals surface area contributed by atoms with Crippen LogP contribution in [0, 0.1) is 50.1 Å². The molecule has 0 aromatic carbocycles. The molecular formula is H3GdNO5+. The van der Waals surface area contributed by atoms with Crippen LogP contribution in [-0.2, 0) is 0 Å². The van der Waals surface area contributed by atoms with Crippen LogP contribution in [0.25, 0.3) is 0 Å². The Kier molecular flexibility index (Phi) is 59.9. The molecule has 0 unspecified atom stereocenters. The van der Waals surface area contributed by atoms with Crippen molar-refractivity contribution in [2.45, 2.75) is 0 Å². The Morgan fingerprint density at radius 2 is 1.43 bits per heavy atom. The molecule has 7 heteroatoms. The van der Waals surface area contributed by atoms with E-state index >= 15 is 0 Å². The van der Waals surface area contributed by atoms with E-state index in [2.05, 4.69) is 0 Å². The van der Waals surface area contributed by atoms with Crippen molar-refractivity contribution in [3.63, 3.8) is 0 Å². The molecule has 0 aromatic rings. The van der Waals surface area contributed by atoms with Gasteiger partial charge in [-0.25, -0.2) is 0 Å². The third kappa shape index (κ3) is 644. The van der Waals surface area contributed by atoms with Gasteiger partial charge in [0, 0.05) is 0 Å². The van der Waals surface area contributed by atoms with Crippen LogP contribution in [0.4, 0.5) is 0 Å². The van der Waals surface area contributed by atoms with E-state index in [1.807, 2.05) is 0 Å². The van der Waals surface area contributed by atoms with Crippen molar-refractivity contribution in [1.29, 1.82) is 0 Å². The predicted molar refractivity (Wildman–Crippen MR) is 12.7 cm³/mol. The predicted octanol–water partition coefficient (Wildman–Crippen LogP) is -0.701. The Morgan fingerprint density at radius 1 is 1.43 bits per heavy atom. The van der Waals surface area contributed by atoms with Gasteiger partial charge in [-0.05, 0) is 0 Å². The van der Waals surface area contributed by atoms with Crippen molar-refractivity contribution in [1.82, 2.24) is 0 Å². The molecule has 6 nitrogen and oxygen atoms in total. The summed E-state index contributed by atoms with van der Waals surface area (Å²) in [5, 5.41) is 13.6. The fourth-order valence-corrected chi connectivity index (χ4v) is 0. The van der Waals surface area contributed by atoms with Gasteiger partial charge in [0.1, 0.15) is 0 Å². The van der Waals surface area contributed by atoms with Crippen LogP contribution < -0.4 is 0 Å². The second kappa shape index (κ2) is 16.1. The molecule has 0 bridgehead atoms. The maximum Gasteiger partial charge on any atom is 3.00 e. The first kappa shape index (κ1) is 26.1. The molecule has 45 valence electrons. The first-order valence-corrected chi connectivity index (χ1v) is 0.565. The van der Waals surface area contributed by atoms with Gasteiger partial charge in [-0.15, -0.1) is 10.1 Å². The molecule has 0 amide bonds. The summed E-state index contributed by atoms with van der Waals surface area (Å²) < 4.78 is 0. The van der Waals surface area contributed by atoms with E-state index in [1.165, 1.54) is 0 Å². The minimum atomic E-state index is -1.50. The smallest absolute Gasteiger partial charge is 0.870 e. The Hall–Kier alpha value is 0.445. The Balaban J connectivity index is -0.0000000150. The molecule has 0 aromatic heterocycles. The SMILES string of the molecule is O=[N+]([O-])O.[Gd+3].[OH-].[OH-]. The van der Waals surface area contributed by atoms with Crippen LogP contribution in [-0.4, -0.2) is 21.2 Å². The van der Waals surface area contributed by atoms with Crippen molar-refractivity contribution in [3.8, 4) is 0 Å². The van der Waals surface area contributed by atoms with Gasteiger partial charge in [-0.1, -0.05) is 0 Å². The first-order chi connectivity index (χ1) is 1.73. The molecule has 1 radical (unpaired) electrons. The fourth-order valence-electron chi connectivity index (χ4n) is 0. The van der Waals surface area contributed by atoms with Gasteiger partial charge in [-0.3, -0.25) is 0 Å². The standard InChI is InChI=1S/Gd.HNO3.2H2O/c;2-1(3)4;;/h;(H,2,3,4);2*1H2/q+3;;;/p-2. The van der Waals surface area contributed by atoms with E-state index < -0.39 is 5.09 Å². The van der Waals surface area contributed by atoms with Crippen LogP contribution in [0.15, 0.2) is 0 Å². The molecule has 7 heavy (non-hydrogen) atoms. The Bertz CT molecular complexity index is 31.1. The van der Waals surface area contributed by atoms with Gasteiger partial charge < -0.3 is 16.2 Å². The van der Waals surface area contributed by atoms with Crippen molar-refractivity contribution in [3.05, 3.63) is 10.1 Å². The van der Waals surface area contributed by atoms with E-state index in [1.54, 1.807) is 0 Å². The molecule has 0 aliphatic heterocycles. The summed E-state index contributed by atoms with van der Waals surface area (Å²) in [7, 11) is 0. The number of hydrogen-bond donors (Lipinski definition) is 1. The van der Waals surface area contributed by atoms with Crippen molar-refractivity contribution < 1.29 is 61.2 Å². The molecule has 0 saturated carbocycles. The summed E-state index contributed by atoms with van der Waals surface area (Å²) in [6.45, 7) is 0. The van der Waals surface area contributed by atoms with E-state index in [4.69, 9.17) is 15.3 Å². The van der Waals surface area contributed by atoms with Gasteiger partial charge >= 0.3 is 39.9 Å². The monoisotopic (exact) mass is 255 g/mol. The average Bonchev–Trinajstić information content (AvgIpc) is 0.811. The van der Waals surface area contributed by atoms with Crippen LogP contribution in [0.3, 0.4) is 0 Å². The molecule has 0 spiro atoms. The Morgan fingerprint density at radius 3 is 1.43 bits per heavy atom. The maximum atomic E-state index is 8.36. The summed E-state index contributed by atoms with van der Waals surface area (Å²) in [5.41, 5.74) is 0. The minimum absolute atomic E-state index is 0. The molecular weight excluding hydrogens is 251 g/mol. The van der Waals surface area contributed by atoms with Crippen molar-refractivity contribution >= 4 is 0 Å². The molecule has 0 saturated heterocycles. The quantitative estimate of drug-likeness (QED) is 0.452. The maximum absolute atomic E-state index is 8.36. The van der Waals surface area contributed by atoms with Crippen LogP contribution in [0.1, 0.15) is 0 Å². The fraction of sp³-hybridized carbons (Fsp3) is 0. The van der Waals surface area contributed by atoms with Gasteiger partial charge in [0.2, 0.25) is 0 Å². The Labute approximate surface area is 70.9 Å². The second-order valence-electron chi connectivity index (χ2n) is 0.238. The zero-order valence-corrected chi connectivity index (χ0v) is 5.23. The van der Waals surface area contributed by atoms with Gasteiger partial charge in [-0.2, -0.15) is 0 Å². The molecule has 0 aliphatic rings. The topological polar surface area (TPSA) is 123 Å². The molecule has 0 heterocycles. The van der Waals surface area contributed by atoms with Crippen molar-refractivity contribution in [2.75, 3.05) is 0 Å². The molecule has 0 atom stereocenters. The zero-order chi connectivity index (χ0) is 3.58. The van der Waals surface area contributed by atoms with E-state index in [9.17, 15) is 0 Å². The minimum Gasteiger partial charge on any atom is -0.870 e. The van der Waals surface area contributed by atoms with Crippen LogP contribution in [0.2, 0.25) is 0 Å². The number of hydrogen-bond acceptors (Lipinski definition) is 4. The molecule has 0 fully saturated rings. The molecule has 3 N–H and O–H groups in total. The van der Waals surface area contributed by atoms with Crippen LogP contribution >= 0.6 is 0 Å². The first-order valence-electron chi connectivity index (χ1n) is 0.565. The van der Waals surface area contributed by atoms with E-state index in [0.29, 0.717) is 0 Å². The third-order valence-corrected chi connectivity index (χ3v) is 0. The summed E-state index contributed by atoms with van der Waals surface area (Å²) in [6, 6.07) is 0. The van der Waals surface area contributed by atoms with E-state index in [-0.39, 0.29) is 50.9 Å². The van der Waals surface area contributed by atoms with Gasteiger partial charge in [0.15, 0.2) is 0 Å². The van der Waals surface area contributed by atoms with Gasteiger partial charge in [0.05, 0.1) is 0 Å². The van der Waals surface area contributed by atoms with Crippen LogP contribution in [0.5, 0.6) is 0 Å². The largest absolute Gasteiger partial charge is 3.00 e. The zero-order valence-electron chi connectivity index (χ0n) is 2.96. The van der Waals surface area contributed by atoms with Gasteiger partial charge in [0.25, 0.3) is 5.09 Å². The summed E-state index contributed by atoms with van der Waals surface area (Å²) in [5.74, 6) is 0. The number of rotatable bonds is 0. The van der Waals surface area contributed by atoms with E-state index in [0.717, 1.165) is 0 Å².